The minimum absolute atomic E-state index is 0.0400. The molecule has 4 heterocycles. The van der Waals surface area contributed by atoms with Crippen molar-refractivity contribution in [1.29, 1.82) is 0 Å². The zero-order chi connectivity index (χ0) is 29.9. The van der Waals surface area contributed by atoms with Crippen LogP contribution in [0.4, 0.5) is 0 Å². The fraction of sp³-hybridized carbons (Fsp3) is 0.562. The highest BCUT2D eigenvalue weighted by Gasteiger charge is 2.71. The molecule has 6 atom stereocenters. The number of hydrogen-bond donors (Lipinski definition) is 2. The van der Waals surface area contributed by atoms with Gasteiger partial charge in [0.2, 0.25) is 17.7 Å². The number of likely N-dealkylation sites (tertiary alicyclic amines) is 1. The van der Waals surface area contributed by atoms with Gasteiger partial charge in [0, 0.05) is 32.2 Å². The number of benzene rings is 1. The van der Waals surface area contributed by atoms with Crippen LogP contribution in [0.5, 0.6) is 0 Å². The largest absolute Gasteiger partial charge is 0.463 e. The van der Waals surface area contributed by atoms with E-state index in [0.29, 0.717) is 38.8 Å². The van der Waals surface area contributed by atoms with E-state index in [0.717, 1.165) is 5.56 Å². The Morgan fingerprint density at radius 1 is 1.05 bits per heavy atom. The molecule has 5 rings (SSSR count). The number of carbonyl (C=O) groups excluding carboxylic acids is 4. The van der Waals surface area contributed by atoms with Crippen molar-refractivity contribution >= 4 is 23.7 Å². The first-order valence-electron chi connectivity index (χ1n) is 15.0. The van der Waals surface area contributed by atoms with Crippen LogP contribution in [0.25, 0.3) is 0 Å². The summed E-state index contributed by atoms with van der Waals surface area (Å²) in [5, 5.41) is 12.3. The molecule has 3 amide bonds. The summed E-state index contributed by atoms with van der Waals surface area (Å²) in [4.78, 5) is 58.4. The summed E-state index contributed by atoms with van der Waals surface area (Å²) in [5.41, 5.74) is -0.546. The van der Waals surface area contributed by atoms with Crippen LogP contribution in [0, 0.1) is 11.8 Å². The number of allylic oxidation sites excluding steroid dienone is 1. The number of nitrogens with one attached hydrogen (secondary N) is 1. The molecule has 2 N–H and O–H groups in total. The van der Waals surface area contributed by atoms with Gasteiger partial charge in [-0.1, -0.05) is 54.6 Å². The van der Waals surface area contributed by atoms with Crippen molar-refractivity contribution in [1.82, 2.24) is 15.1 Å². The average molecular weight is 580 g/mol. The molecule has 0 saturated carbocycles. The number of esters is 1. The maximum Gasteiger partial charge on any atom is 0.306 e. The minimum atomic E-state index is -1.32. The third-order valence-corrected chi connectivity index (χ3v) is 8.78. The molecule has 226 valence electrons. The standard InChI is InChI=1S/C32H41N3O7/c1-21(2)34-18-11-16-32-27(30(39)35(28(32)31(34)40)17-9-4-10-19-36)26-24(42-32)14-7-8-15-25(37)41-20-23(33-29(26)38)22-12-5-3-6-13-22/h3,5-7,11-14,16,21,23-24,26-28,36H,4,8-10,15,17-20H2,1-2H3,(H,33,38)/b14-7-/t23-,24+,26-,27-,28+,32-/m1/s1. The van der Waals surface area contributed by atoms with E-state index in [2.05, 4.69) is 5.32 Å². The van der Waals surface area contributed by atoms with Gasteiger partial charge in [0.1, 0.15) is 18.2 Å². The SMILES string of the molecule is CC(C)N1CC=C[C@@]23O[C@H]4/C=C\CCC(=O)OC[C@H](c5ccccc5)NC(=O)[C@H]4[C@@H]2C(=O)N(CCCCCO)[C@H]3C1=O. The lowest BCUT2D eigenvalue weighted by atomic mass is 9.77. The highest BCUT2D eigenvalue weighted by Crippen LogP contribution is 2.53. The second-order valence-corrected chi connectivity index (χ2v) is 11.8. The highest BCUT2D eigenvalue weighted by atomic mass is 16.5. The Labute approximate surface area is 246 Å². The predicted octanol–water partition coefficient (Wildman–Crippen LogP) is 2.29. The molecule has 4 aliphatic rings. The van der Waals surface area contributed by atoms with E-state index in [1.165, 1.54) is 0 Å². The fourth-order valence-corrected chi connectivity index (χ4v) is 6.73. The van der Waals surface area contributed by atoms with Crippen LogP contribution in [0.2, 0.25) is 0 Å². The lowest BCUT2D eigenvalue weighted by Crippen LogP contribution is -2.56. The zero-order valence-corrected chi connectivity index (χ0v) is 24.3. The van der Waals surface area contributed by atoms with Crippen molar-refractivity contribution in [2.45, 2.75) is 75.8 Å². The molecule has 1 aromatic carbocycles. The van der Waals surface area contributed by atoms with Gasteiger partial charge in [0.25, 0.3) is 0 Å². The molecule has 2 fully saturated rings. The molecule has 0 aromatic heterocycles. The number of aliphatic hydroxyl groups is 1. The van der Waals surface area contributed by atoms with Crippen LogP contribution in [0.3, 0.4) is 0 Å². The van der Waals surface area contributed by atoms with Crippen LogP contribution >= 0.6 is 0 Å². The van der Waals surface area contributed by atoms with E-state index in [4.69, 9.17) is 9.47 Å². The van der Waals surface area contributed by atoms with E-state index in [-0.39, 0.29) is 43.5 Å². The second kappa shape index (κ2) is 12.8. The van der Waals surface area contributed by atoms with Crippen molar-refractivity contribution in [2.24, 2.45) is 11.8 Å². The topological polar surface area (TPSA) is 125 Å². The number of fused-ring (bicyclic) bond motifs is 2. The van der Waals surface area contributed by atoms with Gasteiger partial charge in [-0.15, -0.1) is 0 Å². The fourth-order valence-electron chi connectivity index (χ4n) is 6.73. The molecule has 10 heteroatoms. The van der Waals surface area contributed by atoms with Crippen LogP contribution < -0.4 is 5.32 Å². The Morgan fingerprint density at radius 2 is 1.83 bits per heavy atom. The molecule has 1 spiro atoms. The van der Waals surface area contributed by atoms with Crippen LogP contribution in [0.15, 0.2) is 54.6 Å². The van der Waals surface area contributed by atoms with Gasteiger partial charge < -0.3 is 29.7 Å². The number of nitrogens with zero attached hydrogens (tertiary/aromatic N) is 2. The lowest BCUT2D eigenvalue weighted by molar-refractivity contribution is -0.149. The summed E-state index contributed by atoms with van der Waals surface area (Å²) >= 11 is 0. The molecular formula is C32H41N3O7. The summed E-state index contributed by atoms with van der Waals surface area (Å²) in [6.45, 7) is 4.61. The molecule has 0 aliphatic carbocycles. The van der Waals surface area contributed by atoms with Crippen LogP contribution in [-0.4, -0.2) is 88.7 Å². The van der Waals surface area contributed by atoms with Gasteiger partial charge in [0.15, 0.2) is 0 Å². The summed E-state index contributed by atoms with van der Waals surface area (Å²) in [7, 11) is 0. The average Bonchev–Trinajstić information content (AvgIpc) is 3.35. The molecule has 0 radical (unpaired) electrons. The number of cyclic esters (lactones) is 1. The molecular weight excluding hydrogens is 538 g/mol. The van der Waals surface area contributed by atoms with E-state index >= 15 is 0 Å². The van der Waals surface area contributed by atoms with Crippen molar-refractivity contribution < 1.29 is 33.8 Å². The maximum absolute atomic E-state index is 14.3. The molecule has 0 unspecified atom stereocenters. The normalized spacial score (nSPS) is 32.3. The van der Waals surface area contributed by atoms with E-state index in [1.54, 1.807) is 22.0 Å². The smallest absolute Gasteiger partial charge is 0.306 e. The predicted molar refractivity (Wildman–Crippen MR) is 154 cm³/mol. The number of hydrogen-bond acceptors (Lipinski definition) is 7. The molecule has 1 aromatic rings. The van der Waals surface area contributed by atoms with Crippen molar-refractivity contribution in [3.05, 3.63) is 60.2 Å². The zero-order valence-electron chi connectivity index (χ0n) is 24.3. The van der Waals surface area contributed by atoms with E-state index in [1.807, 2.05) is 56.3 Å². The monoisotopic (exact) mass is 579 g/mol. The number of ether oxygens (including phenoxy) is 2. The number of carbonyl (C=O) groups is 4. The number of amides is 3. The van der Waals surface area contributed by atoms with Crippen molar-refractivity contribution in [3.63, 3.8) is 0 Å². The van der Waals surface area contributed by atoms with E-state index < -0.39 is 41.5 Å². The van der Waals surface area contributed by atoms with Gasteiger partial charge in [-0.3, -0.25) is 19.2 Å². The van der Waals surface area contributed by atoms with Crippen LogP contribution in [0.1, 0.15) is 57.6 Å². The minimum Gasteiger partial charge on any atom is -0.463 e. The highest BCUT2D eigenvalue weighted by molar-refractivity contribution is 5.99. The summed E-state index contributed by atoms with van der Waals surface area (Å²) in [6.07, 6.45) is 8.97. The number of aliphatic hydroxyl groups excluding tert-OH is 1. The Kier molecular flexibility index (Phi) is 9.13. The molecule has 42 heavy (non-hydrogen) atoms. The Balaban J connectivity index is 1.55. The second-order valence-electron chi connectivity index (χ2n) is 11.8. The summed E-state index contributed by atoms with van der Waals surface area (Å²) in [6, 6.07) is 7.65. The molecule has 4 aliphatic heterocycles. The molecule has 10 nitrogen and oxygen atoms in total. The lowest BCUT2D eigenvalue weighted by Gasteiger charge is -2.36. The quantitative estimate of drug-likeness (QED) is 0.289. The Bertz CT molecular complexity index is 1230. The molecule has 0 bridgehead atoms. The van der Waals surface area contributed by atoms with Gasteiger partial charge in [0.05, 0.1) is 24.0 Å². The van der Waals surface area contributed by atoms with Gasteiger partial charge >= 0.3 is 5.97 Å². The van der Waals surface area contributed by atoms with Gasteiger partial charge in [-0.05, 0) is 45.1 Å². The summed E-state index contributed by atoms with van der Waals surface area (Å²) in [5.74, 6) is -3.05. The van der Waals surface area contributed by atoms with Gasteiger partial charge in [-0.25, -0.2) is 0 Å². The first-order chi connectivity index (χ1) is 20.3. The van der Waals surface area contributed by atoms with Gasteiger partial charge in [-0.2, -0.15) is 0 Å². The Hall–Kier alpha value is -3.50. The first-order valence-corrected chi connectivity index (χ1v) is 15.0. The first kappa shape index (κ1) is 30.0. The number of rotatable bonds is 7. The van der Waals surface area contributed by atoms with Crippen molar-refractivity contribution in [2.75, 3.05) is 26.3 Å². The maximum atomic E-state index is 14.3. The van der Waals surface area contributed by atoms with E-state index in [9.17, 15) is 24.3 Å². The third-order valence-electron chi connectivity index (χ3n) is 8.78. The van der Waals surface area contributed by atoms with Crippen LogP contribution in [-0.2, 0) is 28.7 Å². The number of unbranched alkanes of at least 4 members (excludes halogenated alkanes) is 2. The summed E-state index contributed by atoms with van der Waals surface area (Å²) < 4.78 is 12.2. The molecule has 2 saturated heterocycles. The van der Waals surface area contributed by atoms with Crippen molar-refractivity contribution in [3.8, 4) is 0 Å². The Morgan fingerprint density at radius 3 is 2.57 bits per heavy atom. The third kappa shape index (κ3) is 5.62.